The fourth-order valence-corrected chi connectivity index (χ4v) is 1.22. The molecule has 0 aliphatic carbocycles. The van der Waals surface area contributed by atoms with E-state index in [1.807, 2.05) is 0 Å². The average Bonchev–Trinajstić information content (AvgIpc) is 2.08. The molecule has 0 aromatic heterocycles. The molecule has 0 aliphatic heterocycles. The van der Waals surface area contributed by atoms with Crippen molar-refractivity contribution < 1.29 is 4.39 Å². The maximum atomic E-state index is 12.7. The van der Waals surface area contributed by atoms with Gasteiger partial charge in [-0.1, -0.05) is 11.6 Å². The molecule has 0 saturated heterocycles. The number of halogens is 2. The molecule has 4 heteroatoms. The highest BCUT2D eigenvalue weighted by atomic mass is 35.5. The predicted octanol–water partition coefficient (Wildman–Crippen LogP) is 2.00. The molecule has 0 radical (unpaired) electrons. The highest BCUT2D eigenvalue weighted by molar-refractivity contribution is 6.31. The average molecular weight is 189 g/mol. The second kappa shape index (κ2) is 3.85. The van der Waals surface area contributed by atoms with Crippen LogP contribution in [0.3, 0.4) is 0 Å². The molecule has 1 unspecified atom stereocenters. The molecule has 0 fully saturated rings. The summed E-state index contributed by atoms with van der Waals surface area (Å²) in [6.45, 7) is 1.81. The molecule has 3 N–H and O–H groups in total. The minimum atomic E-state index is -0.309. The molecular weight excluding hydrogens is 179 g/mol. The number of hydrogen-bond donors (Lipinski definition) is 2. The van der Waals surface area contributed by atoms with Crippen LogP contribution in [-0.2, 0) is 0 Å². The van der Waals surface area contributed by atoms with Gasteiger partial charge in [-0.2, -0.15) is 0 Å². The van der Waals surface area contributed by atoms with E-state index in [-0.39, 0.29) is 11.9 Å². The first kappa shape index (κ1) is 9.45. The van der Waals surface area contributed by atoms with Gasteiger partial charge in [0.25, 0.3) is 0 Å². The summed E-state index contributed by atoms with van der Waals surface area (Å²) in [4.78, 5) is 0. The third-order valence-electron chi connectivity index (χ3n) is 1.67. The Morgan fingerprint density at radius 1 is 1.58 bits per heavy atom. The van der Waals surface area contributed by atoms with Crippen molar-refractivity contribution in [2.45, 2.75) is 13.0 Å². The molecule has 0 heterocycles. The fraction of sp³-hybridized carbons (Fsp3) is 0.250. The second-order valence-electron chi connectivity index (χ2n) is 2.55. The van der Waals surface area contributed by atoms with Crippen molar-refractivity contribution in [2.24, 2.45) is 5.84 Å². The Kier molecular flexibility index (Phi) is 3.03. The molecule has 1 aromatic rings. The van der Waals surface area contributed by atoms with Gasteiger partial charge in [0.1, 0.15) is 5.82 Å². The summed E-state index contributed by atoms with van der Waals surface area (Å²) < 4.78 is 12.7. The highest BCUT2D eigenvalue weighted by Crippen LogP contribution is 2.22. The topological polar surface area (TPSA) is 38.0 Å². The van der Waals surface area contributed by atoms with E-state index in [0.29, 0.717) is 10.6 Å². The van der Waals surface area contributed by atoms with Crippen molar-refractivity contribution >= 4 is 11.6 Å². The zero-order chi connectivity index (χ0) is 9.14. The van der Waals surface area contributed by atoms with Crippen LogP contribution in [0.15, 0.2) is 18.2 Å². The largest absolute Gasteiger partial charge is 0.271 e. The van der Waals surface area contributed by atoms with E-state index in [9.17, 15) is 4.39 Å². The van der Waals surface area contributed by atoms with Crippen molar-refractivity contribution in [1.29, 1.82) is 0 Å². The highest BCUT2D eigenvalue weighted by Gasteiger charge is 2.08. The third kappa shape index (κ3) is 1.94. The molecule has 2 nitrogen and oxygen atoms in total. The summed E-state index contributed by atoms with van der Waals surface area (Å²) in [7, 11) is 0. The smallest absolute Gasteiger partial charge is 0.123 e. The Balaban J connectivity index is 3.04. The molecule has 0 saturated carbocycles. The van der Waals surface area contributed by atoms with E-state index in [4.69, 9.17) is 17.4 Å². The van der Waals surface area contributed by atoms with Crippen LogP contribution in [0.4, 0.5) is 4.39 Å². The van der Waals surface area contributed by atoms with Gasteiger partial charge in [0.2, 0.25) is 0 Å². The summed E-state index contributed by atoms with van der Waals surface area (Å²) in [5.41, 5.74) is 3.16. The quantitative estimate of drug-likeness (QED) is 0.551. The van der Waals surface area contributed by atoms with E-state index in [2.05, 4.69) is 5.43 Å². The number of nitrogens with two attached hydrogens (primary N) is 1. The van der Waals surface area contributed by atoms with E-state index >= 15 is 0 Å². The van der Waals surface area contributed by atoms with Crippen LogP contribution in [0, 0.1) is 5.82 Å². The van der Waals surface area contributed by atoms with Crippen molar-refractivity contribution in [3.8, 4) is 0 Å². The Bertz CT molecular complexity index is 278. The van der Waals surface area contributed by atoms with Gasteiger partial charge < -0.3 is 0 Å². The Morgan fingerprint density at radius 2 is 2.25 bits per heavy atom. The number of nitrogens with one attached hydrogen (secondary N) is 1. The van der Waals surface area contributed by atoms with Crippen LogP contribution in [0.5, 0.6) is 0 Å². The van der Waals surface area contributed by atoms with Gasteiger partial charge in [-0.15, -0.1) is 0 Å². The summed E-state index contributed by atoms with van der Waals surface area (Å²) >= 11 is 5.81. The second-order valence-corrected chi connectivity index (χ2v) is 2.96. The van der Waals surface area contributed by atoms with Gasteiger partial charge in [-0.25, -0.2) is 4.39 Å². The number of hydrogen-bond acceptors (Lipinski definition) is 2. The summed E-state index contributed by atoms with van der Waals surface area (Å²) in [6, 6.07) is 4.05. The van der Waals surface area contributed by atoms with Crippen LogP contribution in [-0.4, -0.2) is 0 Å². The Hall–Kier alpha value is -0.640. The lowest BCUT2D eigenvalue weighted by Gasteiger charge is -2.11. The van der Waals surface area contributed by atoms with Crippen molar-refractivity contribution in [3.63, 3.8) is 0 Å². The summed E-state index contributed by atoms with van der Waals surface area (Å²) in [6.07, 6.45) is 0. The van der Waals surface area contributed by atoms with E-state index < -0.39 is 0 Å². The zero-order valence-corrected chi connectivity index (χ0v) is 7.40. The Morgan fingerprint density at radius 3 is 2.83 bits per heavy atom. The maximum absolute atomic E-state index is 12.7. The zero-order valence-electron chi connectivity index (χ0n) is 6.64. The minimum absolute atomic E-state index is 0.145. The molecule has 66 valence electrons. The van der Waals surface area contributed by atoms with Crippen LogP contribution >= 0.6 is 11.6 Å². The molecule has 1 rings (SSSR count). The molecule has 12 heavy (non-hydrogen) atoms. The molecule has 0 aliphatic rings. The molecule has 0 amide bonds. The van der Waals surface area contributed by atoms with Crippen LogP contribution in [0.1, 0.15) is 18.5 Å². The molecule has 1 aromatic carbocycles. The molecule has 0 bridgehead atoms. The monoisotopic (exact) mass is 188 g/mol. The minimum Gasteiger partial charge on any atom is -0.271 e. The molecular formula is C8H10ClFN2. The first-order chi connectivity index (χ1) is 5.65. The normalized spacial score (nSPS) is 13.0. The lowest BCUT2D eigenvalue weighted by Crippen LogP contribution is -2.25. The lowest BCUT2D eigenvalue weighted by atomic mass is 10.1. The number of benzene rings is 1. The SMILES string of the molecule is CC(NN)c1cc(F)ccc1Cl. The van der Waals surface area contributed by atoms with Gasteiger partial charge in [0.15, 0.2) is 0 Å². The van der Waals surface area contributed by atoms with Gasteiger partial charge in [0.05, 0.1) is 0 Å². The van der Waals surface area contributed by atoms with Gasteiger partial charge in [0, 0.05) is 11.1 Å². The predicted molar refractivity (Wildman–Crippen MR) is 47.1 cm³/mol. The van der Waals surface area contributed by atoms with Crippen LogP contribution in [0.2, 0.25) is 5.02 Å². The van der Waals surface area contributed by atoms with Crippen LogP contribution in [0.25, 0.3) is 0 Å². The third-order valence-corrected chi connectivity index (χ3v) is 2.02. The van der Waals surface area contributed by atoms with Crippen molar-refractivity contribution in [3.05, 3.63) is 34.6 Å². The maximum Gasteiger partial charge on any atom is 0.123 e. The Labute approximate surface area is 75.5 Å². The van der Waals surface area contributed by atoms with Crippen molar-refractivity contribution in [2.75, 3.05) is 0 Å². The first-order valence-electron chi connectivity index (χ1n) is 3.56. The standard InChI is InChI=1S/C8H10ClFN2/c1-5(12-11)7-4-6(10)2-3-8(7)9/h2-5,12H,11H2,1H3. The van der Waals surface area contributed by atoms with Crippen LogP contribution < -0.4 is 11.3 Å². The lowest BCUT2D eigenvalue weighted by molar-refractivity contribution is 0.586. The van der Waals surface area contributed by atoms with Gasteiger partial charge in [-0.05, 0) is 30.7 Å². The number of rotatable bonds is 2. The van der Waals surface area contributed by atoms with E-state index in [0.717, 1.165) is 0 Å². The van der Waals surface area contributed by atoms with Crippen molar-refractivity contribution in [1.82, 2.24) is 5.43 Å². The molecule has 0 spiro atoms. The molecule has 1 atom stereocenters. The summed E-state index contributed by atoms with van der Waals surface area (Å²) in [5, 5.41) is 0.516. The first-order valence-corrected chi connectivity index (χ1v) is 3.94. The fourth-order valence-electron chi connectivity index (χ4n) is 0.936. The summed E-state index contributed by atoms with van der Waals surface area (Å²) in [5.74, 6) is 4.88. The van der Waals surface area contributed by atoms with Gasteiger partial charge in [-0.3, -0.25) is 11.3 Å². The van der Waals surface area contributed by atoms with E-state index in [1.165, 1.54) is 18.2 Å². The van der Waals surface area contributed by atoms with Gasteiger partial charge >= 0.3 is 0 Å². The van der Waals surface area contributed by atoms with E-state index in [1.54, 1.807) is 6.92 Å². The number of hydrazine groups is 1.